The smallest absolute Gasteiger partial charge is 0.0156 e. The molecule has 1 rings (SSSR count). The van der Waals surface area contributed by atoms with Gasteiger partial charge in [-0.15, -0.1) is 11.8 Å². The summed E-state index contributed by atoms with van der Waals surface area (Å²) in [6, 6.07) is 7.28. The highest BCUT2D eigenvalue weighted by atomic mass is 32.2. The van der Waals surface area contributed by atoms with E-state index in [1.807, 2.05) is 18.8 Å². The lowest BCUT2D eigenvalue weighted by molar-refractivity contribution is 0.602. The highest BCUT2D eigenvalue weighted by molar-refractivity contribution is 7.99. The van der Waals surface area contributed by atoms with Gasteiger partial charge in [-0.05, 0) is 38.9 Å². The Morgan fingerprint density at radius 2 is 2.07 bits per heavy atom. The van der Waals surface area contributed by atoms with Crippen molar-refractivity contribution in [3.8, 4) is 0 Å². The Kier molecular flexibility index (Phi) is 5.20. The van der Waals surface area contributed by atoms with Crippen LogP contribution in [0.5, 0.6) is 0 Å². The van der Waals surface area contributed by atoms with E-state index in [4.69, 9.17) is 0 Å². The molecule has 1 unspecified atom stereocenters. The number of thioether (sulfide) groups is 1. The van der Waals surface area contributed by atoms with Crippen LogP contribution in [0.3, 0.4) is 0 Å². The lowest BCUT2D eigenvalue weighted by Crippen LogP contribution is -2.26. The fraction of sp³-hybridized carbons (Fsp3) is 0.538. The first-order valence-electron chi connectivity index (χ1n) is 5.54. The second-order valence-corrected chi connectivity index (χ2v) is 5.04. The summed E-state index contributed by atoms with van der Waals surface area (Å²) in [7, 11) is 2.04. The summed E-state index contributed by atoms with van der Waals surface area (Å²) in [5.41, 5.74) is 2.73. The van der Waals surface area contributed by atoms with Crippen molar-refractivity contribution in [1.29, 1.82) is 0 Å². The predicted octanol–water partition coefficient (Wildman–Crippen LogP) is 3.39. The monoisotopic (exact) mass is 223 g/mol. The standard InChI is InChI=1S/C13H21NS/c1-5-12(14-4)9-15-13-8-10(2)6-7-11(13)3/h6-8,12,14H,5,9H2,1-4H3. The van der Waals surface area contributed by atoms with Crippen molar-refractivity contribution in [3.05, 3.63) is 29.3 Å². The summed E-state index contributed by atoms with van der Waals surface area (Å²) in [6.45, 7) is 6.56. The zero-order valence-corrected chi connectivity index (χ0v) is 10.9. The number of rotatable bonds is 5. The molecule has 0 aliphatic heterocycles. The first kappa shape index (κ1) is 12.6. The van der Waals surface area contributed by atoms with Gasteiger partial charge in [-0.25, -0.2) is 0 Å². The van der Waals surface area contributed by atoms with Crippen molar-refractivity contribution < 1.29 is 0 Å². The van der Waals surface area contributed by atoms with E-state index in [0.29, 0.717) is 6.04 Å². The Labute approximate surface area is 97.7 Å². The molecule has 84 valence electrons. The van der Waals surface area contributed by atoms with Gasteiger partial charge >= 0.3 is 0 Å². The van der Waals surface area contributed by atoms with E-state index in [9.17, 15) is 0 Å². The molecule has 0 fully saturated rings. The van der Waals surface area contributed by atoms with Crippen molar-refractivity contribution >= 4 is 11.8 Å². The Morgan fingerprint density at radius 3 is 2.67 bits per heavy atom. The molecule has 2 heteroatoms. The van der Waals surface area contributed by atoms with Crippen molar-refractivity contribution in [2.75, 3.05) is 12.8 Å². The van der Waals surface area contributed by atoms with E-state index in [2.05, 4.69) is 44.3 Å². The zero-order valence-electron chi connectivity index (χ0n) is 10.1. The third-order valence-corrected chi connectivity index (χ3v) is 4.00. The van der Waals surface area contributed by atoms with Gasteiger partial charge in [-0.2, -0.15) is 0 Å². The molecular weight excluding hydrogens is 202 g/mol. The summed E-state index contributed by atoms with van der Waals surface area (Å²) < 4.78 is 0. The molecule has 0 saturated carbocycles. The van der Waals surface area contributed by atoms with Gasteiger partial charge in [0, 0.05) is 16.7 Å². The van der Waals surface area contributed by atoms with Gasteiger partial charge in [0.1, 0.15) is 0 Å². The van der Waals surface area contributed by atoms with Crippen LogP contribution in [-0.2, 0) is 0 Å². The summed E-state index contributed by atoms with van der Waals surface area (Å²) >= 11 is 1.96. The number of nitrogens with one attached hydrogen (secondary N) is 1. The van der Waals surface area contributed by atoms with Gasteiger partial charge in [0.25, 0.3) is 0 Å². The van der Waals surface area contributed by atoms with Gasteiger partial charge in [0.2, 0.25) is 0 Å². The highest BCUT2D eigenvalue weighted by Crippen LogP contribution is 2.24. The molecule has 0 aliphatic carbocycles. The minimum absolute atomic E-state index is 0.620. The average Bonchev–Trinajstić information content (AvgIpc) is 2.24. The molecule has 0 heterocycles. The van der Waals surface area contributed by atoms with E-state index >= 15 is 0 Å². The van der Waals surface area contributed by atoms with Gasteiger partial charge in [0.15, 0.2) is 0 Å². The Morgan fingerprint density at radius 1 is 1.33 bits per heavy atom. The number of hydrogen-bond donors (Lipinski definition) is 1. The number of benzene rings is 1. The molecule has 0 aromatic heterocycles. The maximum absolute atomic E-state index is 3.34. The van der Waals surface area contributed by atoms with Gasteiger partial charge in [0.05, 0.1) is 0 Å². The minimum atomic E-state index is 0.620. The fourth-order valence-electron chi connectivity index (χ4n) is 1.46. The molecule has 0 spiro atoms. The van der Waals surface area contributed by atoms with Crippen molar-refractivity contribution in [2.45, 2.75) is 38.1 Å². The average molecular weight is 223 g/mol. The van der Waals surface area contributed by atoms with Crippen molar-refractivity contribution in [3.63, 3.8) is 0 Å². The van der Waals surface area contributed by atoms with Crippen molar-refractivity contribution in [1.82, 2.24) is 5.32 Å². The topological polar surface area (TPSA) is 12.0 Å². The van der Waals surface area contributed by atoms with E-state index in [-0.39, 0.29) is 0 Å². The maximum Gasteiger partial charge on any atom is 0.0156 e. The Balaban J connectivity index is 2.60. The predicted molar refractivity (Wildman–Crippen MR) is 69.8 cm³/mol. The van der Waals surface area contributed by atoms with Crippen LogP contribution in [0.25, 0.3) is 0 Å². The molecule has 15 heavy (non-hydrogen) atoms. The van der Waals surface area contributed by atoms with Crippen LogP contribution in [0.1, 0.15) is 24.5 Å². The molecule has 1 N–H and O–H groups in total. The molecule has 0 bridgehead atoms. The maximum atomic E-state index is 3.34. The van der Waals surface area contributed by atoms with Crippen LogP contribution in [0.4, 0.5) is 0 Å². The summed E-state index contributed by atoms with van der Waals surface area (Å²) in [6.07, 6.45) is 1.19. The normalized spacial score (nSPS) is 12.8. The molecule has 1 atom stereocenters. The molecular formula is C13H21NS. The van der Waals surface area contributed by atoms with Crippen molar-refractivity contribution in [2.24, 2.45) is 0 Å². The number of hydrogen-bond acceptors (Lipinski definition) is 2. The lowest BCUT2D eigenvalue weighted by Gasteiger charge is -2.14. The van der Waals surface area contributed by atoms with Crippen LogP contribution < -0.4 is 5.32 Å². The molecule has 1 aromatic rings. The molecule has 0 saturated heterocycles. The Hall–Kier alpha value is -0.470. The fourth-order valence-corrected chi connectivity index (χ4v) is 2.81. The SMILES string of the molecule is CCC(CSc1cc(C)ccc1C)NC. The molecule has 1 nitrogen and oxygen atoms in total. The first-order chi connectivity index (χ1) is 7.17. The van der Waals surface area contributed by atoms with Gasteiger partial charge < -0.3 is 5.32 Å². The summed E-state index contributed by atoms with van der Waals surface area (Å²) in [5.74, 6) is 1.15. The van der Waals surface area contributed by atoms with Gasteiger partial charge in [-0.3, -0.25) is 0 Å². The minimum Gasteiger partial charge on any atom is -0.316 e. The summed E-state index contributed by atoms with van der Waals surface area (Å²) in [5, 5.41) is 3.34. The largest absolute Gasteiger partial charge is 0.316 e. The van der Waals surface area contributed by atoms with Crippen LogP contribution in [-0.4, -0.2) is 18.8 Å². The number of aryl methyl sites for hydroxylation is 2. The third kappa shape index (κ3) is 3.88. The molecule has 1 aromatic carbocycles. The van der Waals surface area contributed by atoms with E-state index in [1.54, 1.807) is 0 Å². The zero-order chi connectivity index (χ0) is 11.3. The molecule has 0 aliphatic rings. The van der Waals surface area contributed by atoms with Crippen LogP contribution in [0.2, 0.25) is 0 Å². The van der Waals surface area contributed by atoms with E-state index < -0.39 is 0 Å². The summed E-state index contributed by atoms with van der Waals surface area (Å²) in [4.78, 5) is 1.42. The van der Waals surface area contributed by atoms with E-state index in [1.165, 1.54) is 22.4 Å². The Bertz CT molecular complexity index is 305. The van der Waals surface area contributed by atoms with Crippen LogP contribution in [0, 0.1) is 13.8 Å². The van der Waals surface area contributed by atoms with Gasteiger partial charge in [-0.1, -0.05) is 24.6 Å². The first-order valence-corrected chi connectivity index (χ1v) is 6.53. The van der Waals surface area contributed by atoms with E-state index in [0.717, 1.165) is 5.75 Å². The second-order valence-electron chi connectivity index (χ2n) is 3.97. The lowest BCUT2D eigenvalue weighted by atomic mass is 10.2. The quantitative estimate of drug-likeness (QED) is 0.768. The van der Waals surface area contributed by atoms with Crippen LogP contribution >= 0.6 is 11.8 Å². The molecule has 0 amide bonds. The molecule has 0 radical (unpaired) electrons. The second kappa shape index (κ2) is 6.19. The third-order valence-electron chi connectivity index (χ3n) is 2.68. The van der Waals surface area contributed by atoms with Crippen LogP contribution in [0.15, 0.2) is 23.1 Å². The highest BCUT2D eigenvalue weighted by Gasteiger charge is 2.05.